The normalized spacial score (nSPS) is 18.2. The highest BCUT2D eigenvalue weighted by molar-refractivity contribution is 7.80. The molecule has 1 aliphatic heterocycles. The maximum absolute atomic E-state index is 5.83. The highest BCUT2D eigenvalue weighted by Crippen LogP contribution is 2.41. The summed E-state index contributed by atoms with van der Waals surface area (Å²) >= 11 is 5.83. The van der Waals surface area contributed by atoms with Crippen molar-refractivity contribution in [2.75, 3.05) is 4.90 Å². The Hall–Kier alpha value is -3.51. The molecule has 2 unspecified atom stereocenters. The zero-order valence-corrected chi connectivity index (χ0v) is 18.0. The van der Waals surface area contributed by atoms with E-state index in [9.17, 15) is 0 Å². The Morgan fingerprint density at radius 2 is 1.77 bits per heavy atom. The van der Waals surface area contributed by atoms with E-state index in [4.69, 9.17) is 12.2 Å². The molecule has 0 radical (unpaired) electrons. The Kier molecular flexibility index (Phi) is 5.22. The van der Waals surface area contributed by atoms with Crippen LogP contribution in [0.4, 0.5) is 5.69 Å². The van der Waals surface area contributed by atoms with E-state index in [1.165, 1.54) is 5.56 Å². The standard InChI is InChI=1S/C25H23N5S/c1-18-8-6-10-20(16-18)30-24(23(28-25(30)31)21-11-3-5-14-27-21)22-12-7-15-29(22)17-19-9-2-4-13-26-19/h2-16,23-24H,17H2,1H3,(H,28,31). The molecule has 0 bridgehead atoms. The molecular weight excluding hydrogens is 402 g/mol. The summed E-state index contributed by atoms with van der Waals surface area (Å²) in [7, 11) is 0. The van der Waals surface area contributed by atoms with Crippen LogP contribution in [0.25, 0.3) is 0 Å². The Balaban J connectivity index is 1.61. The van der Waals surface area contributed by atoms with Crippen LogP contribution < -0.4 is 10.2 Å². The van der Waals surface area contributed by atoms with Crippen LogP contribution in [0.15, 0.2) is 91.4 Å². The molecule has 1 fully saturated rings. The molecule has 4 heterocycles. The molecule has 3 aromatic heterocycles. The van der Waals surface area contributed by atoms with E-state index in [2.05, 4.69) is 86.4 Å². The number of aryl methyl sites for hydroxylation is 1. The first kappa shape index (κ1) is 19.5. The second kappa shape index (κ2) is 8.32. The first-order valence-corrected chi connectivity index (χ1v) is 10.7. The van der Waals surface area contributed by atoms with Gasteiger partial charge in [0.05, 0.1) is 24.0 Å². The van der Waals surface area contributed by atoms with Gasteiger partial charge in [-0.1, -0.05) is 24.3 Å². The van der Waals surface area contributed by atoms with Gasteiger partial charge >= 0.3 is 0 Å². The predicted molar refractivity (Wildman–Crippen MR) is 127 cm³/mol. The van der Waals surface area contributed by atoms with E-state index in [0.29, 0.717) is 11.7 Å². The van der Waals surface area contributed by atoms with E-state index in [-0.39, 0.29) is 12.1 Å². The summed E-state index contributed by atoms with van der Waals surface area (Å²) < 4.78 is 2.25. The fraction of sp³-hybridized carbons (Fsp3) is 0.160. The lowest BCUT2D eigenvalue weighted by Gasteiger charge is -2.29. The molecule has 2 atom stereocenters. The highest BCUT2D eigenvalue weighted by atomic mass is 32.1. The lowest BCUT2D eigenvalue weighted by molar-refractivity contribution is 0.532. The van der Waals surface area contributed by atoms with Gasteiger partial charge in [0.15, 0.2) is 5.11 Å². The molecule has 154 valence electrons. The van der Waals surface area contributed by atoms with E-state index in [1.807, 2.05) is 36.7 Å². The second-order valence-corrected chi connectivity index (χ2v) is 8.10. The van der Waals surface area contributed by atoms with Crippen molar-refractivity contribution in [1.29, 1.82) is 0 Å². The molecule has 6 heteroatoms. The number of nitrogens with one attached hydrogen (secondary N) is 1. The van der Waals surface area contributed by atoms with Gasteiger partial charge in [-0.3, -0.25) is 9.97 Å². The van der Waals surface area contributed by atoms with Gasteiger partial charge in [-0.05, 0) is 73.2 Å². The zero-order valence-electron chi connectivity index (χ0n) is 17.2. The molecule has 1 N–H and O–H groups in total. The quantitative estimate of drug-likeness (QED) is 0.465. The third-order valence-corrected chi connectivity index (χ3v) is 5.92. The van der Waals surface area contributed by atoms with Gasteiger partial charge in [-0.25, -0.2) is 0 Å². The molecule has 5 rings (SSSR count). The third kappa shape index (κ3) is 3.82. The van der Waals surface area contributed by atoms with Crippen LogP contribution in [0, 0.1) is 6.92 Å². The minimum absolute atomic E-state index is 0.0390. The average Bonchev–Trinajstić information content (AvgIpc) is 3.38. The molecule has 1 aromatic carbocycles. The maximum Gasteiger partial charge on any atom is 0.174 e. The van der Waals surface area contributed by atoms with Crippen molar-refractivity contribution in [3.63, 3.8) is 0 Å². The SMILES string of the molecule is Cc1cccc(N2C(=S)NC(c3ccccn3)C2c2cccn2Cc2ccccn2)c1. The first-order valence-electron chi connectivity index (χ1n) is 10.3. The van der Waals surface area contributed by atoms with Crippen LogP contribution >= 0.6 is 12.2 Å². The number of hydrogen-bond acceptors (Lipinski definition) is 3. The maximum atomic E-state index is 5.83. The molecular formula is C25H23N5S. The van der Waals surface area contributed by atoms with Crippen molar-refractivity contribution in [2.24, 2.45) is 0 Å². The summed E-state index contributed by atoms with van der Waals surface area (Å²) in [6, 6.07) is 24.6. The van der Waals surface area contributed by atoms with Crippen LogP contribution in [-0.4, -0.2) is 19.6 Å². The van der Waals surface area contributed by atoms with E-state index >= 15 is 0 Å². The summed E-state index contributed by atoms with van der Waals surface area (Å²) in [6.07, 6.45) is 5.77. The molecule has 1 saturated heterocycles. The minimum atomic E-state index is -0.0633. The van der Waals surface area contributed by atoms with Crippen LogP contribution in [0.3, 0.4) is 0 Å². The van der Waals surface area contributed by atoms with Crippen molar-refractivity contribution in [3.05, 3.63) is 114 Å². The van der Waals surface area contributed by atoms with Crippen LogP contribution in [0.1, 0.15) is 34.7 Å². The highest BCUT2D eigenvalue weighted by Gasteiger charge is 2.42. The molecule has 5 nitrogen and oxygen atoms in total. The molecule has 0 amide bonds. The summed E-state index contributed by atoms with van der Waals surface area (Å²) in [5, 5.41) is 4.24. The van der Waals surface area contributed by atoms with E-state index in [1.54, 1.807) is 0 Å². The van der Waals surface area contributed by atoms with Gasteiger partial charge in [0, 0.05) is 30.0 Å². The van der Waals surface area contributed by atoms with Crippen molar-refractivity contribution in [3.8, 4) is 0 Å². The summed E-state index contributed by atoms with van der Waals surface area (Å²) in [4.78, 5) is 11.4. The van der Waals surface area contributed by atoms with E-state index in [0.717, 1.165) is 22.8 Å². The Labute approximate surface area is 187 Å². The Morgan fingerprint density at radius 1 is 0.935 bits per heavy atom. The van der Waals surface area contributed by atoms with Crippen LogP contribution in [-0.2, 0) is 6.54 Å². The lowest BCUT2D eigenvalue weighted by atomic mass is 10.0. The van der Waals surface area contributed by atoms with Gasteiger partial charge in [-0.2, -0.15) is 0 Å². The number of hydrogen-bond donors (Lipinski definition) is 1. The monoisotopic (exact) mass is 425 g/mol. The number of anilines is 1. The molecule has 0 saturated carbocycles. The van der Waals surface area contributed by atoms with Gasteiger partial charge in [0.25, 0.3) is 0 Å². The number of pyridine rings is 2. The molecule has 0 spiro atoms. The number of benzene rings is 1. The molecule has 1 aliphatic rings. The smallest absolute Gasteiger partial charge is 0.174 e. The number of rotatable bonds is 5. The van der Waals surface area contributed by atoms with Crippen LogP contribution in [0.5, 0.6) is 0 Å². The van der Waals surface area contributed by atoms with E-state index < -0.39 is 0 Å². The van der Waals surface area contributed by atoms with Crippen molar-refractivity contribution < 1.29 is 0 Å². The van der Waals surface area contributed by atoms with Gasteiger partial charge in [-0.15, -0.1) is 0 Å². The molecule has 4 aromatic rings. The number of nitrogens with zero attached hydrogens (tertiary/aromatic N) is 4. The van der Waals surface area contributed by atoms with Crippen molar-refractivity contribution in [2.45, 2.75) is 25.6 Å². The number of thiocarbonyl (C=S) groups is 1. The fourth-order valence-corrected chi connectivity index (χ4v) is 4.56. The van der Waals surface area contributed by atoms with Gasteiger partial charge < -0.3 is 14.8 Å². The van der Waals surface area contributed by atoms with Gasteiger partial charge in [0.2, 0.25) is 0 Å². The van der Waals surface area contributed by atoms with Crippen molar-refractivity contribution >= 4 is 23.0 Å². The zero-order chi connectivity index (χ0) is 21.2. The van der Waals surface area contributed by atoms with Crippen LogP contribution in [0.2, 0.25) is 0 Å². The minimum Gasteiger partial charge on any atom is -0.351 e. The Bertz CT molecular complexity index is 1190. The predicted octanol–water partition coefficient (Wildman–Crippen LogP) is 4.81. The molecule has 31 heavy (non-hydrogen) atoms. The topological polar surface area (TPSA) is 46.0 Å². The first-order chi connectivity index (χ1) is 15.2. The fourth-order valence-electron chi connectivity index (χ4n) is 4.22. The van der Waals surface area contributed by atoms with Gasteiger partial charge in [0.1, 0.15) is 6.04 Å². The lowest BCUT2D eigenvalue weighted by Crippen LogP contribution is -2.30. The third-order valence-electron chi connectivity index (χ3n) is 5.60. The number of aromatic nitrogens is 3. The second-order valence-electron chi connectivity index (χ2n) is 7.72. The summed E-state index contributed by atoms with van der Waals surface area (Å²) in [5.41, 5.74) is 5.42. The van der Waals surface area contributed by atoms with Crippen molar-refractivity contribution in [1.82, 2.24) is 19.9 Å². The summed E-state index contributed by atoms with van der Waals surface area (Å²) in [6.45, 7) is 2.80. The molecule has 0 aliphatic carbocycles. The summed E-state index contributed by atoms with van der Waals surface area (Å²) in [5.74, 6) is 0. The Morgan fingerprint density at radius 3 is 2.52 bits per heavy atom. The average molecular weight is 426 g/mol. The largest absolute Gasteiger partial charge is 0.351 e.